The van der Waals surface area contributed by atoms with Crippen LogP contribution in [0.1, 0.15) is 37.1 Å². The molecule has 2 aromatic rings. The van der Waals surface area contributed by atoms with E-state index < -0.39 is 0 Å². The molecule has 4 heteroatoms. The Morgan fingerprint density at radius 3 is 2.14 bits per heavy atom. The second-order valence-electron chi connectivity index (χ2n) is 5.13. The molecule has 22 heavy (non-hydrogen) atoms. The third kappa shape index (κ3) is 4.39. The lowest BCUT2D eigenvalue weighted by Gasteiger charge is -2.22. The molecule has 0 heterocycles. The van der Waals surface area contributed by atoms with Crippen LogP contribution in [0.15, 0.2) is 48.5 Å². The highest BCUT2D eigenvalue weighted by Crippen LogP contribution is 2.30. The van der Waals surface area contributed by atoms with Crippen molar-refractivity contribution in [3.05, 3.63) is 59.7 Å². The van der Waals surface area contributed by atoms with Crippen molar-refractivity contribution < 1.29 is 9.47 Å². The molecule has 0 radical (unpaired) electrons. The summed E-state index contributed by atoms with van der Waals surface area (Å²) in [6, 6.07) is 16.7. The normalized spacial score (nSPS) is 12.9. The van der Waals surface area contributed by atoms with Gasteiger partial charge in [-0.3, -0.25) is 0 Å². The van der Waals surface area contributed by atoms with Crippen LogP contribution in [-0.2, 0) is 0 Å². The van der Waals surface area contributed by atoms with Gasteiger partial charge in [0.2, 0.25) is 0 Å². The number of benzene rings is 2. The quantitative estimate of drug-likeness (QED) is 0.847. The van der Waals surface area contributed by atoms with Gasteiger partial charge in [-0.1, -0.05) is 30.3 Å². The molecule has 120 valence electrons. The zero-order valence-electron chi connectivity index (χ0n) is 13.5. The number of hydrogen-bond donors (Lipinski definition) is 1. The molecule has 1 N–H and O–H groups in total. The maximum atomic E-state index is 5.46. The van der Waals surface area contributed by atoms with E-state index in [1.54, 1.807) is 14.2 Å². The molecule has 2 atom stereocenters. The van der Waals surface area contributed by atoms with Crippen molar-refractivity contribution in [3.8, 4) is 11.5 Å². The van der Waals surface area contributed by atoms with Crippen LogP contribution >= 0.6 is 12.4 Å². The van der Waals surface area contributed by atoms with Crippen LogP contribution in [0.2, 0.25) is 0 Å². The lowest BCUT2D eigenvalue weighted by molar-refractivity contribution is 0.387. The lowest BCUT2D eigenvalue weighted by Crippen LogP contribution is -2.22. The summed E-state index contributed by atoms with van der Waals surface area (Å²) in [6.07, 6.45) is 0. The standard InChI is InChI=1S/C18H23NO2.ClH/c1-13(15-8-6-5-7-9-15)19-14(2)17-12-16(20-3)10-11-18(17)21-4;/h5-14,19H,1-4H3;1H/t13-,14-;/m0./s1. The molecule has 0 saturated carbocycles. The molecule has 0 spiro atoms. The van der Waals surface area contributed by atoms with Gasteiger partial charge in [0.1, 0.15) is 11.5 Å². The van der Waals surface area contributed by atoms with Gasteiger partial charge in [0.05, 0.1) is 14.2 Å². The number of hydrogen-bond acceptors (Lipinski definition) is 3. The van der Waals surface area contributed by atoms with E-state index in [9.17, 15) is 0 Å². The van der Waals surface area contributed by atoms with Gasteiger partial charge >= 0.3 is 0 Å². The van der Waals surface area contributed by atoms with Gasteiger partial charge in [0, 0.05) is 17.6 Å². The summed E-state index contributed by atoms with van der Waals surface area (Å²) in [5.41, 5.74) is 2.37. The zero-order valence-corrected chi connectivity index (χ0v) is 14.3. The minimum absolute atomic E-state index is 0. The summed E-state index contributed by atoms with van der Waals surface area (Å²) < 4.78 is 10.8. The summed E-state index contributed by atoms with van der Waals surface area (Å²) >= 11 is 0. The molecular formula is C18H24ClNO2. The molecule has 2 aromatic carbocycles. The number of halogens is 1. The Morgan fingerprint density at radius 2 is 1.55 bits per heavy atom. The molecule has 0 saturated heterocycles. The third-order valence-electron chi connectivity index (χ3n) is 3.70. The van der Waals surface area contributed by atoms with Crippen molar-refractivity contribution in [2.75, 3.05) is 14.2 Å². The zero-order chi connectivity index (χ0) is 15.2. The van der Waals surface area contributed by atoms with Crippen molar-refractivity contribution in [1.82, 2.24) is 5.32 Å². The highest BCUT2D eigenvalue weighted by atomic mass is 35.5. The van der Waals surface area contributed by atoms with Gasteiger partial charge < -0.3 is 14.8 Å². The van der Waals surface area contributed by atoms with Crippen LogP contribution in [0.3, 0.4) is 0 Å². The van der Waals surface area contributed by atoms with Gasteiger partial charge in [0.15, 0.2) is 0 Å². The van der Waals surface area contributed by atoms with Crippen molar-refractivity contribution in [2.45, 2.75) is 25.9 Å². The molecule has 0 aliphatic heterocycles. The summed E-state index contributed by atoms with van der Waals surface area (Å²) in [7, 11) is 3.37. The second kappa shape index (κ2) is 8.66. The Bertz CT molecular complexity index is 575. The number of nitrogens with one attached hydrogen (secondary N) is 1. The van der Waals surface area contributed by atoms with Crippen molar-refractivity contribution in [3.63, 3.8) is 0 Å². The number of rotatable bonds is 6. The molecule has 2 rings (SSSR count). The first kappa shape index (κ1) is 18.3. The first-order valence-electron chi connectivity index (χ1n) is 7.18. The summed E-state index contributed by atoms with van der Waals surface area (Å²) in [5, 5.41) is 3.60. The Morgan fingerprint density at radius 1 is 0.864 bits per heavy atom. The van der Waals surface area contributed by atoms with Gasteiger partial charge in [0.25, 0.3) is 0 Å². The van der Waals surface area contributed by atoms with E-state index in [-0.39, 0.29) is 24.5 Å². The minimum Gasteiger partial charge on any atom is -0.497 e. The van der Waals surface area contributed by atoms with Crippen molar-refractivity contribution in [2.24, 2.45) is 0 Å². The van der Waals surface area contributed by atoms with Crippen molar-refractivity contribution >= 4 is 12.4 Å². The molecule has 0 aromatic heterocycles. The van der Waals surface area contributed by atoms with Crippen LogP contribution in [0.4, 0.5) is 0 Å². The average Bonchev–Trinajstić information content (AvgIpc) is 2.54. The average molecular weight is 322 g/mol. The molecule has 0 fully saturated rings. The summed E-state index contributed by atoms with van der Waals surface area (Å²) in [5.74, 6) is 1.71. The summed E-state index contributed by atoms with van der Waals surface area (Å²) in [4.78, 5) is 0. The van der Waals surface area contributed by atoms with Gasteiger partial charge in [-0.25, -0.2) is 0 Å². The van der Waals surface area contributed by atoms with Crippen LogP contribution in [0.5, 0.6) is 11.5 Å². The SMILES string of the molecule is COc1ccc(OC)c([C@H](C)N[C@@H](C)c2ccccc2)c1.Cl. The predicted octanol–water partition coefficient (Wildman–Crippen LogP) is 4.54. The molecule has 0 amide bonds. The monoisotopic (exact) mass is 321 g/mol. The van der Waals surface area contributed by atoms with E-state index in [2.05, 4.69) is 43.4 Å². The van der Waals surface area contributed by atoms with E-state index in [0.717, 1.165) is 17.1 Å². The second-order valence-corrected chi connectivity index (χ2v) is 5.13. The van der Waals surface area contributed by atoms with Gasteiger partial charge in [-0.2, -0.15) is 0 Å². The summed E-state index contributed by atoms with van der Waals surface area (Å²) in [6.45, 7) is 4.30. The highest BCUT2D eigenvalue weighted by molar-refractivity contribution is 5.85. The number of ether oxygens (including phenoxy) is 2. The van der Waals surface area contributed by atoms with Crippen molar-refractivity contribution in [1.29, 1.82) is 0 Å². The predicted molar refractivity (Wildman–Crippen MR) is 93.2 cm³/mol. The fraction of sp³-hybridized carbons (Fsp3) is 0.333. The first-order chi connectivity index (χ1) is 10.2. The highest BCUT2D eigenvalue weighted by Gasteiger charge is 2.15. The van der Waals surface area contributed by atoms with E-state index in [1.165, 1.54) is 5.56 Å². The molecule has 0 aliphatic carbocycles. The smallest absolute Gasteiger partial charge is 0.123 e. The number of methoxy groups -OCH3 is 2. The molecule has 0 unspecified atom stereocenters. The fourth-order valence-corrected chi connectivity index (χ4v) is 2.48. The van der Waals surface area contributed by atoms with Crippen LogP contribution in [-0.4, -0.2) is 14.2 Å². The molecule has 0 aliphatic rings. The Kier molecular flexibility index (Phi) is 7.22. The minimum atomic E-state index is 0. The fourth-order valence-electron chi connectivity index (χ4n) is 2.48. The first-order valence-corrected chi connectivity index (χ1v) is 7.18. The molecule has 3 nitrogen and oxygen atoms in total. The van der Waals surface area contributed by atoms with E-state index in [1.807, 2.05) is 24.3 Å². The lowest BCUT2D eigenvalue weighted by atomic mass is 10.0. The van der Waals surface area contributed by atoms with E-state index in [0.29, 0.717) is 0 Å². The molecule has 0 bridgehead atoms. The largest absolute Gasteiger partial charge is 0.497 e. The molecular weight excluding hydrogens is 298 g/mol. The van der Waals surface area contributed by atoms with Gasteiger partial charge in [-0.05, 0) is 37.6 Å². The Balaban J connectivity index is 0.00000242. The maximum absolute atomic E-state index is 5.46. The topological polar surface area (TPSA) is 30.5 Å². The van der Waals surface area contributed by atoms with Crippen LogP contribution in [0.25, 0.3) is 0 Å². The Hall–Kier alpha value is -1.71. The maximum Gasteiger partial charge on any atom is 0.123 e. The van der Waals surface area contributed by atoms with E-state index >= 15 is 0 Å². The van der Waals surface area contributed by atoms with E-state index in [4.69, 9.17) is 9.47 Å². The van der Waals surface area contributed by atoms with Gasteiger partial charge in [-0.15, -0.1) is 12.4 Å². The van der Waals surface area contributed by atoms with Crippen LogP contribution in [0, 0.1) is 0 Å². The Labute approximate surface area is 139 Å². The third-order valence-corrected chi connectivity index (χ3v) is 3.70. The van der Waals surface area contributed by atoms with Crippen LogP contribution < -0.4 is 14.8 Å².